The second-order valence-electron chi connectivity index (χ2n) is 10.7. The Morgan fingerprint density at radius 2 is 1.65 bits per heavy atom. The molecule has 3 aromatic rings. The van der Waals surface area contributed by atoms with Crippen molar-refractivity contribution in [2.24, 2.45) is 0 Å². The number of ketones is 1. The number of likely N-dealkylation sites (N-methyl/N-ethyl adjacent to an activating group) is 1. The van der Waals surface area contributed by atoms with Crippen LogP contribution in [0.15, 0.2) is 60.7 Å². The molecule has 0 aliphatic carbocycles. The summed E-state index contributed by atoms with van der Waals surface area (Å²) in [5.74, 6) is -0.883. The fourth-order valence-corrected chi connectivity index (χ4v) is 5.75. The number of likely N-dealkylation sites (tertiary alicyclic amines) is 1. The first-order valence-corrected chi connectivity index (χ1v) is 14.6. The van der Waals surface area contributed by atoms with Gasteiger partial charge in [0.1, 0.15) is 11.6 Å². The molecule has 43 heavy (non-hydrogen) atoms. The molecule has 1 fully saturated rings. The van der Waals surface area contributed by atoms with Crippen LogP contribution in [-0.4, -0.2) is 54.8 Å². The number of alkyl halides is 3. The lowest BCUT2D eigenvalue weighted by atomic mass is 9.93. The summed E-state index contributed by atoms with van der Waals surface area (Å²) in [6.45, 7) is 0.944. The Bertz CT molecular complexity index is 1450. The molecule has 5 nitrogen and oxygen atoms in total. The van der Waals surface area contributed by atoms with Gasteiger partial charge in [0.2, 0.25) is 5.91 Å². The van der Waals surface area contributed by atoms with E-state index in [9.17, 15) is 27.2 Å². The Kier molecular flexibility index (Phi) is 10.7. The van der Waals surface area contributed by atoms with Crippen molar-refractivity contribution < 1.29 is 31.9 Å². The SMILES string of the molecule is COc1ccc(C(=O)CCCCC(=O)N2CC(c3ccc(Cl)c(Cl)c3)C(N(C)Cc3ccc(C(F)(F)F)c(F)c3)C2)cc1. The molecular weight excluding hydrogens is 607 g/mol. The van der Waals surface area contributed by atoms with Gasteiger partial charge in [0, 0.05) is 50.0 Å². The van der Waals surface area contributed by atoms with Crippen LogP contribution in [0.3, 0.4) is 0 Å². The Hall–Kier alpha value is -3.14. The zero-order valence-electron chi connectivity index (χ0n) is 23.8. The number of hydrogen-bond donors (Lipinski definition) is 0. The molecule has 0 bridgehead atoms. The van der Waals surface area contributed by atoms with Crippen molar-refractivity contribution in [2.75, 3.05) is 27.2 Å². The minimum absolute atomic E-state index is 0.00246. The topological polar surface area (TPSA) is 49.9 Å². The standard InChI is InChI=1S/C32H32Cl2F4N2O3/c1-39(17-20-7-13-25(28(35)15-20)32(36,37)38)29-19-40(18-24(29)22-10-14-26(33)27(34)16-22)31(42)6-4-3-5-30(41)21-8-11-23(43-2)12-9-21/h7-16,24,29H,3-6,17-19H2,1-2H3. The average molecular weight is 640 g/mol. The second kappa shape index (κ2) is 14.1. The molecule has 11 heteroatoms. The van der Waals surface area contributed by atoms with Gasteiger partial charge in [-0.15, -0.1) is 0 Å². The fourth-order valence-electron chi connectivity index (χ4n) is 5.44. The summed E-state index contributed by atoms with van der Waals surface area (Å²) in [5, 5.41) is 0.766. The number of unbranched alkanes of at least 4 members (excludes halogenated alkanes) is 1. The highest BCUT2D eigenvalue weighted by molar-refractivity contribution is 6.42. The summed E-state index contributed by atoms with van der Waals surface area (Å²) >= 11 is 12.4. The molecule has 1 aliphatic rings. The van der Waals surface area contributed by atoms with Crippen molar-refractivity contribution in [3.8, 4) is 5.75 Å². The number of hydrogen-bond acceptors (Lipinski definition) is 4. The number of benzene rings is 3. The van der Waals surface area contributed by atoms with Crippen LogP contribution in [0.5, 0.6) is 5.75 Å². The molecule has 4 rings (SSSR count). The van der Waals surface area contributed by atoms with Crippen LogP contribution in [-0.2, 0) is 17.5 Å². The number of methoxy groups -OCH3 is 1. The molecule has 230 valence electrons. The van der Waals surface area contributed by atoms with E-state index in [2.05, 4.69) is 0 Å². The molecule has 0 saturated carbocycles. The zero-order chi connectivity index (χ0) is 31.3. The number of ether oxygens (including phenoxy) is 1. The summed E-state index contributed by atoms with van der Waals surface area (Å²) in [6, 6.07) is 14.9. The van der Waals surface area contributed by atoms with Crippen LogP contribution < -0.4 is 4.74 Å². The lowest BCUT2D eigenvalue weighted by molar-refractivity contribution is -0.140. The second-order valence-corrected chi connectivity index (χ2v) is 11.5. The van der Waals surface area contributed by atoms with Crippen LogP contribution >= 0.6 is 23.2 Å². The van der Waals surface area contributed by atoms with Crippen LogP contribution in [0, 0.1) is 5.82 Å². The maximum Gasteiger partial charge on any atom is 0.419 e. The number of carbonyl (C=O) groups is 2. The maximum atomic E-state index is 14.2. The monoisotopic (exact) mass is 638 g/mol. The summed E-state index contributed by atoms with van der Waals surface area (Å²) in [7, 11) is 3.35. The molecule has 2 unspecified atom stereocenters. The first-order chi connectivity index (χ1) is 20.4. The van der Waals surface area contributed by atoms with E-state index in [1.807, 2.05) is 11.0 Å². The van der Waals surface area contributed by atoms with Gasteiger partial charge in [0.05, 0.1) is 22.7 Å². The molecule has 0 radical (unpaired) electrons. The van der Waals surface area contributed by atoms with Gasteiger partial charge in [0.15, 0.2) is 5.78 Å². The summed E-state index contributed by atoms with van der Waals surface area (Å²) in [4.78, 5) is 29.4. The summed E-state index contributed by atoms with van der Waals surface area (Å²) in [6.07, 6.45) is -3.09. The highest BCUT2D eigenvalue weighted by Gasteiger charge is 2.39. The largest absolute Gasteiger partial charge is 0.497 e. The van der Waals surface area contributed by atoms with Gasteiger partial charge >= 0.3 is 6.18 Å². The molecular formula is C32H32Cl2F4N2O3. The Balaban J connectivity index is 1.41. The van der Waals surface area contributed by atoms with E-state index in [1.54, 1.807) is 55.5 Å². The molecule has 1 heterocycles. The van der Waals surface area contributed by atoms with E-state index in [-0.39, 0.29) is 36.6 Å². The number of halogens is 6. The molecule has 0 N–H and O–H groups in total. The van der Waals surface area contributed by atoms with Gasteiger partial charge in [-0.3, -0.25) is 14.5 Å². The van der Waals surface area contributed by atoms with Gasteiger partial charge in [-0.05, 0) is 79.5 Å². The molecule has 2 atom stereocenters. The number of carbonyl (C=O) groups excluding carboxylic acids is 2. The van der Waals surface area contributed by atoms with E-state index >= 15 is 0 Å². The van der Waals surface area contributed by atoms with E-state index in [1.165, 1.54) is 6.07 Å². The molecule has 3 aromatic carbocycles. The van der Waals surface area contributed by atoms with Crippen molar-refractivity contribution in [3.05, 3.63) is 98.8 Å². The first-order valence-electron chi connectivity index (χ1n) is 13.8. The van der Waals surface area contributed by atoms with Crippen molar-refractivity contribution in [1.82, 2.24) is 9.80 Å². The highest BCUT2D eigenvalue weighted by Crippen LogP contribution is 2.36. The highest BCUT2D eigenvalue weighted by atomic mass is 35.5. The smallest absolute Gasteiger partial charge is 0.419 e. The van der Waals surface area contributed by atoms with Crippen molar-refractivity contribution in [2.45, 2.75) is 50.4 Å². The zero-order valence-corrected chi connectivity index (χ0v) is 25.3. The van der Waals surface area contributed by atoms with E-state index in [0.29, 0.717) is 59.3 Å². The minimum Gasteiger partial charge on any atom is -0.497 e. The first kappa shape index (κ1) is 32.8. The van der Waals surface area contributed by atoms with E-state index < -0.39 is 17.6 Å². The van der Waals surface area contributed by atoms with Crippen molar-refractivity contribution >= 4 is 34.9 Å². The molecule has 0 spiro atoms. The third-order valence-electron chi connectivity index (χ3n) is 7.81. The van der Waals surface area contributed by atoms with Crippen LogP contribution in [0.1, 0.15) is 58.6 Å². The van der Waals surface area contributed by atoms with Crippen LogP contribution in [0.25, 0.3) is 0 Å². The predicted molar refractivity (Wildman–Crippen MR) is 158 cm³/mol. The quantitative estimate of drug-likeness (QED) is 0.121. The maximum absolute atomic E-state index is 14.2. The number of rotatable bonds is 11. The molecule has 1 amide bonds. The molecule has 1 saturated heterocycles. The van der Waals surface area contributed by atoms with Crippen molar-refractivity contribution in [1.29, 1.82) is 0 Å². The summed E-state index contributed by atoms with van der Waals surface area (Å²) < 4.78 is 58.5. The molecule has 1 aliphatic heterocycles. The van der Waals surface area contributed by atoms with Crippen LogP contribution in [0.4, 0.5) is 17.6 Å². The Labute approximate surface area is 258 Å². The minimum atomic E-state index is -4.78. The number of nitrogens with zero attached hydrogens (tertiary/aromatic N) is 2. The average Bonchev–Trinajstić information content (AvgIpc) is 3.42. The van der Waals surface area contributed by atoms with Crippen LogP contribution in [0.2, 0.25) is 10.0 Å². The third kappa shape index (κ3) is 8.28. The Morgan fingerprint density at radius 1 is 0.953 bits per heavy atom. The van der Waals surface area contributed by atoms with Gasteiger partial charge in [0.25, 0.3) is 0 Å². The number of Topliss-reactive ketones (excluding diaryl/α,β-unsaturated/α-hetero) is 1. The van der Waals surface area contributed by atoms with Gasteiger partial charge in [-0.2, -0.15) is 13.2 Å². The summed E-state index contributed by atoms with van der Waals surface area (Å²) in [5.41, 5.74) is 0.531. The molecule has 0 aromatic heterocycles. The van der Waals surface area contributed by atoms with Gasteiger partial charge in [-0.1, -0.05) is 35.3 Å². The lowest BCUT2D eigenvalue weighted by Gasteiger charge is -2.29. The van der Waals surface area contributed by atoms with E-state index in [4.69, 9.17) is 27.9 Å². The van der Waals surface area contributed by atoms with E-state index in [0.717, 1.165) is 17.7 Å². The van der Waals surface area contributed by atoms with Gasteiger partial charge in [-0.25, -0.2) is 4.39 Å². The third-order valence-corrected chi connectivity index (χ3v) is 8.55. The lowest BCUT2D eigenvalue weighted by Crippen LogP contribution is -2.38. The predicted octanol–water partition coefficient (Wildman–Crippen LogP) is 8.03. The van der Waals surface area contributed by atoms with Crippen molar-refractivity contribution in [3.63, 3.8) is 0 Å². The normalized spacial score (nSPS) is 17.0. The number of amides is 1. The Morgan fingerprint density at radius 3 is 2.28 bits per heavy atom. The fraction of sp³-hybridized carbons (Fsp3) is 0.375. The van der Waals surface area contributed by atoms with Gasteiger partial charge < -0.3 is 9.64 Å².